The fraction of sp³-hybridized carbons (Fsp3) is 0.538. The molecule has 0 aromatic carbocycles. The number of amides is 1. The van der Waals surface area contributed by atoms with Crippen molar-refractivity contribution in [2.45, 2.75) is 32.4 Å². The smallest absolute Gasteiger partial charge is 0.245 e. The van der Waals surface area contributed by atoms with Crippen LogP contribution in [0.2, 0.25) is 0 Å². The summed E-state index contributed by atoms with van der Waals surface area (Å²) in [6.45, 7) is 7.12. The third-order valence-corrected chi connectivity index (χ3v) is 3.41. The zero-order valence-corrected chi connectivity index (χ0v) is 11.1. The summed E-state index contributed by atoms with van der Waals surface area (Å²) in [5.41, 5.74) is 6.35. The van der Waals surface area contributed by atoms with E-state index >= 15 is 0 Å². The number of piperazine rings is 1. The van der Waals surface area contributed by atoms with Crippen LogP contribution in [-0.2, 0) is 4.79 Å². The summed E-state index contributed by atoms with van der Waals surface area (Å²) in [5.74, 6) is 0.836. The van der Waals surface area contributed by atoms with Gasteiger partial charge >= 0.3 is 0 Å². The summed E-state index contributed by atoms with van der Waals surface area (Å²) in [5, 5.41) is 2.88. The number of aromatic nitrogens is 1. The average molecular weight is 248 g/mol. The molecule has 2 heterocycles. The molecule has 1 fully saturated rings. The molecule has 1 aliphatic rings. The third kappa shape index (κ3) is 2.06. The van der Waals surface area contributed by atoms with Crippen molar-refractivity contribution in [1.29, 1.82) is 0 Å². The minimum Gasteiger partial charge on any atom is -0.352 e. The summed E-state index contributed by atoms with van der Waals surface area (Å²) in [7, 11) is 0. The lowest BCUT2D eigenvalue weighted by atomic mass is 9.97. The molecule has 5 heteroatoms. The van der Waals surface area contributed by atoms with Crippen molar-refractivity contribution in [2.24, 2.45) is 5.73 Å². The van der Waals surface area contributed by atoms with E-state index in [1.807, 2.05) is 37.8 Å². The van der Waals surface area contributed by atoms with Crippen molar-refractivity contribution in [2.75, 3.05) is 18.0 Å². The van der Waals surface area contributed by atoms with Crippen LogP contribution in [0.3, 0.4) is 0 Å². The van der Waals surface area contributed by atoms with Crippen LogP contribution in [0.15, 0.2) is 18.3 Å². The van der Waals surface area contributed by atoms with E-state index in [2.05, 4.69) is 10.3 Å². The number of anilines is 1. The Kier molecular flexibility index (Phi) is 3.26. The van der Waals surface area contributed by atoms with Crippen molar-refractivity contribution < 1.29 is 4.79 Å². The normalized spacial score (nSPS) is 20.4. The van der Waals surface area contributed by atoms with Crippen molar-refractivity contribution in [3.8, 4) is 0 Å². The summed E-state index contributed by atoms with van der Waals surface area (Å²) in [6, 6.07) is 3.74. The average Bonchev–Trinajstić information content (AvgIpc) is 2.32. The van der Waals surface area contributed by atoms with Crippen LogP contribution >= 0.6 is 0 Å². The lowest BCUT2D eigenvalue weighted by Gasteiger charge is -2.43. The van der Waals surface area contributed by atoms with Gasteiger partial charge < -0.3 is 16.0 Å². The molecule has 18 heavy (non-hydrogen) atoms. The maximum Gasteiger partial charge on any atom is 0.245 e. The van der Waals surface area contributed by atoms with Crippen molar-refractivity contribution in [1.82, 2.24) is 10.3 Å². The highest BCUT2D eigenvalue weighted by Crippen LogP contribution is 2.29. The molecule has 0 aliphatic carbocycles. The van der Waals surface area contributed by atoms with E-state index in [1.54, 1.807) is 6.20 Å². The number of carbonyl (C=O) groups excluding carboxylic acids is 1. The van der Waals surface area contributed by atoms with Crippen LogP contribution in [-0.4, -0.2) is 29.5 Å². The number of rotatable bonds is 2. The summed E-state index contributed by atoms with van der Waals surface area (Å²) in [4.78, 5) is 18.4. The molecule has 0 radical (unpaired) electrons. The molecule has 1 amide bonds. The fourth-order valence-electron chi connectivity index (χ4n) is 2.26. The maximum atomic E-state index is 12.0. The Balaban J connectivity index is 2.45. The Morgan fingerprint density at radius 3 is 2.94 bits per heavy atom. The van der Waals surface area contributed by atoms with E-state index in [9.17, 15) is 4.79 Å². The standard InChI is InChI=1S/C13H20N4O/c1-9(14)10-5-4-6-15-11(10)17-8-7-16-12(18)13(17,2)3/h4-6,9H,7-8,14H2,1-3H3,(H,16,18). The van der Waals surface area contributed by atoms with E-state index in [4.69, 9.17) is 5.73 Å². The molecule has 98 valence electrons. The van der Waals surface area contributed by atoms with Gasteiger partial charge in [0.1, 0.15) is 11.4 Å². The second-order valence-electron chi connectivity index (χ2n) is 5.17. The van der Waals surface area contributed by atoms with Crippen LogP contribution in [0.1, 0.15) is 32.4 Å². The van der Waals surface area contributed by atoms with Crippen molar-refractivity contribution in [3.05, 3.63) is 23.9 Å². The topological polar surface area (TPSA) is 71.2 Å². The van der Waals surface area contributed by atoms with Gasteiger partial charge in [0, 0.05) is 30.9 Å². The second kappa shape index (κ2) is 4.57. The number of hydrogen-bond donors (Lipinski definition) is 2. The quantitative estimate of drug-likeness (QED) is 0.812. The molecular formula is C13H20N4O. The van der Waals surface area contributed by atoms with E-state index in [0.29, 0.717) is 6.54 Å². The Hall–Kier alpha value is -1.62. The SMILES string of the molecule is CC(N)c1cccnc1N1CCNC(=O)C1(C)C. The Bertz CT molecular complexity index is 456. The lowest BCUT2D eigenvalue weighted by Crippen LogP contribution is -2.62. The third-order valence-electron chi connectivity index (χ3n) is 3.41. The highest BCUT2D eigenvalue weighted by Gasteiger charge is 2.39. The molecule has 1 atom stereocenters. The van der Waals surface area contributed by atoms with Gasteiger partial charge in [0.15, 0.2) is 0 Å². The Morgan fingerprint density at radius 1 is 1.56 bits per heavy atom. The summed E-state index contributed by atoms with van der Waals surface area (Å²) < 4.78 is 0. The monoisotopic (exact) mass is 248 g/mol. The molecule has 5 nitrogen and oxygen atoms in total. The summed E-state index contributed by atoms with van der Waals surface area (Å²) >= 11 is 0. The predicted molar refractivity (Wildman–Crippen MR) is 71.3 cm³/mol. The first-order valence-electron chi connectivity index (χ1n) is 6.21. The predicted octanol–water partition coefficient (Wildman–Crippen LogP) is 0.816. The molecule has 1 aromatic heterocycles. The molecule has 0 saturated carbocycles. The van der Waals surface area contributed by atoms with Crippen LogP contribution in [0.4, 0.5) is 5.82 Å². The number of nitrogens with one attached hydrogen (secondary N) is 1. The van der Waals surface area contributed by atoms with E-state index in [0.717, 1.165) is 17.9 Å². The molecule has 0 spiro atoms. The van der Waals surface area contributed by atoms with Gasteiger partial charge in [-0.3, -0.25) is 4.79 Å². The van der Waals surface area contributed by atoms with Gasteiger partial charge in [-0.2, -0.15) is 0 Å². The van der Waals surface area contributed by atoms with Gasteiger partial charge in [0.2, 0.25) is 5.91 Å². The molecule has 3 N–H and O–H groups in total. The van der Waals surface area contributed by atoms with E-state index in [-0.39, 0.29) is 11.9 Å². The van der Waals surface area contributed by atoms with Crippen molar-refractivity contribution >= 4 is 11.7 Å². The van der Waals surface area contributed by atoms with Crippen LogP contribution in [0.5, 0.6) is 0 Å². The zero-order valence-electron chi connectivity index (χ0n) is 11.1. The van der Waals surface area contributed by atoms with Gasteiger partial charge in [-0.05, 0) is 26.8 Å². The van der Waals surface area contributed by atoms with E-state index < -0.39 is 5.54 Å². The summed E-state index contributed by atoms with van der Waals surface area (Å²) in [6.07, 6.45) is 1.74. The molecule has 1 aromatic rings. The number of carbonyl (C=O) groups is 1. The van der Waals surface area contributed by atoms with Gasteiger partial charge in [0.05, 0.1) is 0 Å². The lowest BCUT2D eigenvalue weighted by molar-refractivity contribution is -0.126. The van der Waals surface area contributed by atoms with Crippen LogP contribution < -0.4 is 16.0 Å². The zero-order chi connectivity index (χ0) is 13.3. The van der Waals surface area contributed by atoms with Crippen LogP contribution in [0, 0.1) is 0 Å². The first-order chi connectivity index (χ1) is 8.44. The van der Waals surface area contributed by atoms with Gasteiger partial charge in [0.25, 0.3) is 0 Å². The van der Waals surface area contributed by atoms with Crippen LogP contribution in [0.25, 0.3) is 0 Å². The fourth-order valence-corrected chi connectivity index (χ4v) is 2.26. The first kappa shape index (κ1) is 12.8. The number of nitrogens with two attached hydrogens (primary N) is 1. The molecule has 1 aliphatic heterocycles. The number of nitrogens with zero attached hydrogens (tertiary/aromatic N) is 2. The highest BCUT2D eigenvalue weighted by atomic mass is 16.2. The first-order valence-corrected chi connectivity index (χ1v) is 6.21. The van der Waals surface area contributed by atoms with Gasteiger partial charge in [-0.1, -0.05) is 6.07 Å². The molecule has 2 rings (SSSR count). The minimum atomic E-state index is -0.601. The molecule has 0 bridgehead atoms. The molecular weight excluding hydrogens is 228 g/mol. The Morgan fingerprint density at radius 2 is 2.28 bits per heavy atom. The maximum absolute atomic E-state index is 12.0. The minimum absolute atomic E-state index is 0.0232. The molecule has 1 saturated heterocycles. The highest BCUT2D eigenvalue weighted by molar-refractivity contribution is 5.90. The Labute approximate surface area is 107 Å². The largest absolute Gasteiger partial charge is 0.352 e. The number of pyridine rings is 1. The van der Waals surface area contributed by atoms with Crippen molar-refractivity contribution in [3.63, 3.8) is 0 Å². The number of hydrogen-bond acceptors (Lipinski definition) is 4. The molecule has 1 unspecified atom stereocenters. The second-order valence-corrected chi connectivity index (χ2v) is 5.17. The van der Waals surface area contributed by atoms with E-state index in [1.165, 1.54) is 0 Å². The van der Waals surface area contributed by atoms with Gasteiger partial charge in [-0.15, -0.1) is 0 Å². The van der Waals surface area contributed by atoms with Gasteiger partial charge in [-0.25, -0.2) is 4.98 Å².